The van der Waals surface area contributed by atoms with Gasteiger partial charge in [0, 0.05) is 32.7 Å². The van der Waals surface area contributed by atoms with E-state index in [1.54, 1.807) is 19.5 Å². The molecule has 0 bridgehead atoms. The number of nitrogens with zero attached hydrogens (tertiary/aromatic N) is 2. The zero-order valence-corrected chi connectivity index (χ0v) is 14.3. The molecule has 3 aliphatic rings. The predicted octanol–water partition coefficient (Wildman–Crippen LogP) is 2.66. The highest BCUT2D eigenvalue weighted by atomic mass is 16.5. The minimum absolute atomic E-state index is 0.0647. The molecule has 1 aliphatic heterocycles. The van der Waals surface area contributed by atoms with E-state index in [0.29, 0.717) is 5.56 Å². The van der Waals surface area contributed by atoms with Crippen molar-refractivity contribution in [3.05, 3.63) is 30.1 Å². The van der Waals surface area contributed by atoms with Crippen molar-refractivity contribution in [2.24, 2.45) is 5.92 Å². The third-order valence-corrected chi connectivity index (χ3v) is 5.98. The molecule has 3 fully saturated rings. The van der Waals surface area contributed by atoms with E-state index in [0.717, 1.165) is 44.8 Å². The second-order valence-corrected chi connectivity index (χ2v) is 7.45. The number of aromatic nitrogens is 1. The van der Waals surface area contributed by atoms with Crippen molar-refractivity contribution in [1.29, 1.82) is 0 Å². The topological polar surface area (TPSA) is 51.7 Å². The monoisotopic (exact) mass is 330 g/mol. The summed E-state index contributed by atoms with van der Waals surface area (Å²) in [4.78, 5) is 19.0. The van der Waals surface area contributed by atoms with E-state index >= 15 is 0 Å². The molecule has 1 aromatic rings. The molecular weight excluding hydrogens is 304 g/mol. The molecule has 1 saturated heterocycles. The highest BCUT2D eigenvalue weighted by Crippen LogP contribution is 2.44. The highest BCUT2D eigenvalue weighted by molar-refractivity contribution is 5.94. The van der Waals surface area contributed by atoms with Crippen molar-refractivity contribution in [2.45, 2.75) is 56.3 Å². The lowest BCUT2D eigenvalue weighted by molar-refractivity contribution is -0.0977. The van der Waals surface area contributed by atoms with Gasteiger partial charge in [-0.05, 0) is 56.6 Å². The van der Waals surface area contributed by atoms with Crippen LogP contribution in [0.15, 0.2) is 24.5 Å². The normalized spacial score (nSPS) is 32.6. The Morgan fingerprint density at radius 1 is 1.38 bits per heavy atom. The number of rotatable bonds is 5. The molecule has 0 spiro atoms. The van der Waals surface area contributed by atoms with Crippen LogP contribution >= 0.6 is 0 Å². The van der Waals surface area contributed by atoms with E-state index in [-0.39, 0.29) is 23.7 Å². The van der Waals surface area contributed by atoms with Gasteiger partial charge in [-0.1, -0.05) is 0 Å². The van der Waals surface area contributed by atoms with Gasteiger partial charge in [0.05, 0.1) is 23.3 Å². The van der Waals surface area contributed by atoms with Gasteiger partial charge >= 0.3 is 0 Å². The average Bonchev–Trinajstić information content (AvgIpc) is 3.39. The Kier molecular flexibility index (Phi) is 4.31. The number of hydrogen-bond donors (Lipinski definition) is 0. The first kappa shape index (κ1) is 16.0. The summed E-state index contributed by atoms with van der Waals surface area (Å²) < 4.78 is 12.1. The SMILES string of the molecule is CO[C@@]12CC[C@H](OCC3CC3)C[C@@H]1N(C(=O)c1cccnc1)CC2. The third-order valence-electron chi connectivity index (χ3n) is 5.98. The van der Waals surface area contributed by atoms with Crippen molar-refractivity contribution in [1.82, 2.24) is 9.88 Å². The van der Waals surface area contributed by atoms with Gasteiger partial charge < -0.3 is 14.4 Å². The van der Waals surface area contributed by atoms with Gasteiger partial charge in [-0.2, -0.15) is 0 Å². The van der Waals surface area contributed by atoms with Crippen LogP contribution < -0.4 is 0 Å². The summed E-state index contributed by atoms with van der Waals surface area (Å²) in [6.07, 6.45) is 10.0. The van der Waals surface area contributed by atoms with Crippen LogP contribution in [-0.4, -0.2) is 53.8 Å². The smallest absolute Gasteiger partial charge is 0.255 e. The van der Waals surface area contributed by atoms with Crippen LogP contribution in [0.2, 0.25) is 0 Å². The molecule has 4 rings (SSSR count). The van der Waals surface area contributed by atoms with Gasteiger partial charge in [-0.3, -0.25) is 9.78 Å². The van der Waals surface area contributed by atoms with E-state index in [2.05, 4.69) is 4.98 Å². The molecule has 3 atom stereocenters. The number of likely N-dealkylation sites (tertiary alicyclic amines) is 1. The first-order chi connectivity index (χ1) is 11.7. The summed E-state index contributed by atoms with van der Waals surface area (Å²) in [5, 5.41) is 0. The molecule has 24 heavy (non-hydrogen) atoms. The fourth-order valence-corrected chi connectivity index (χ4v) is 4.27. The molecule has 2 saturated carbocycles. The number of fused-ring (bicyclic) bond motifs is 1. The summed E-state index contributed by atoms with van der Waals surface area (Å²) in [6.45, 7) is 1.63. The molecule has 5 heteroatoms. The molecule has 5 nitrogen and oxygen atoms in total. The van der Waals surface area contributed by atoms with Gasteiger partial charge in [0.15, 0.2) is 0 Å². The maximum Gasteiger partial charge on any atom is 0.255 e. The Morgan fingerprint density at radius 3 is 2.96 bits per heavy atom. The second-order valence-electron chi connectivity index (χ2n) is 7.45. The van der Waals surface area contributed by atoms with Crippen LogP contribution in [0.25, 0.3) is 0 Å². The number of carbonyl (C=O) groups excluding carboxylic acids is 1. The number of methoxy groups -OCH3 is 1. The van der Waals surface area contributed by atoms with E-state index in [9.17, 15) is 4.79 Å². The van der Waals surface area contributed by atoms with Crippen LogP contribution in [-0.2, 0) is 9.47 Å². The zero-order valence-electron chi connectivity index (χ0n) is 14.3. The lowest BCUT2D eigenvalue weighted by Crippen LogP contribution is -2.53. The summed E-state index contributed by atoms with van der Waals surface area (Å²) in [5.41, 5.74) is 0.461. The highest BCUT2D eigenvalue weighted by Gasteiger charge is 2.52. The second kappa shape index (κ2) is 6.45. The van der Waals surface area contributed by atoms with Gasteiger partial charge in [0.25, 0.3) is 5.91 Å². The molecule has 130 valence electrons. The molecule has 0 unspecified atom stereocenters. The molecule has 1 amide bonds. The fraction of sp³-hybridized carbons (Fsp3) is 0.684. The van der Waals surface area contributed by atoms with E-state index in [1.807, 2.05) is 17.0 Å². The molecule has 1 aromatic heterocycles. The summed E-state index contributed by atoms with van der Waals surface area (Å²) in [5.74, 6) is 0.839. The predicted molar refractivity (Wildman–Crippen MR) is 89.7 cm³/mol. The minimum Gasteiger partial charge on any atom is -0.378 e. The van der Waals surface area contributed by atoms with Crippen LogP contribution in [0.4, 0.5) is 0 Å². The van der Waals surface area contributed by atoms with Gasteiger partial charge in [-0.25, -0.2) is 0 Å². The van der Waals surface area contributed by atoms with Crippen molar-refractivity contribution in [3.63, 3.8) is 0 Å². The summed E-state index contributed by atoms with van der Waals surface area (Å²) in [7, 11) is 1.79. The molecule has 2 heterocycles. The van der Waals surface area contributed by atoms with Gasteiger partial charge in [0.2, 0.25) is 0 Å². The number of hydrogen-bond acceptors (Lipinski definition) is 4. The number of carbonyl (C=O) groups is 1. The number of pyridine rings is 1. The first-order valence-corrected chi connectivity index (χ1v) is 9.09. The Balaban J connectivity index is 1.49. The third kappa shape index (κ3) is 2.95. The summed E-state index contributed by atoms with van der Waals surface area (Å²) in [6, 6.07) is 3.76. The fourth-order valence-electron chi connectivity index (χ4n) is 4.27. The van der Waals surface area contributed by atoms with Crippen molar-refractivity contribution < 1.29 is 14.3 Å². The molecule has 0 radical (unpaired) electrons. The maximum absolute atomic E-state index is 12.9. The van der Waals surface area contributed by atoms with Crippen LogP contribution in [0, 0.1) is 5.92 Å². The molecule has 0 aromatic carbocycles. The van der Waals surface area contributed by atoms with Crippen molar-refractivity contribution in [3.8, 4) is 0 Å². The average molecular weight is 330 g/mol. The Bertz CT molecular complexity index is 590. The van der Waals surface area contributed by atoms with Gasteiger partial charge in [-0.15, -0.1) is 0 Å². The first-order valence-electron chi connectivity index (χ1n) is 9.09. The Hall–Kier alpha value is -1.46. The van der Waals surface area contributed by atoms with E-state index < -0.39 is 0 Å². The number of ether oxygens (including phenoxy) is 2. The standard InChI is InChI=1S/C19H26N2O3/c1-23-19-7-6-16(24-13-14-4-5-14)11-17(19)21(10-8-19)18(22)15-3-2-9-20-12-15/h2-3,9,12,14,16-17H,4-8,10-11,13H2,1H3/t16-,17-,19+/m0/s1. The largest absolute Gasteiger partial charge is 0.378 e. The van der Waals surface area contributed by atoms with Crippen molar-refractivity contribution in [2.75, 3.05) is 20.3 Å². The maximum atomic E-state index is 12.9. The lowest BCUT2D eigenvalue weighted by atomic mass is 9.79. The van der Waals surface area contributed by atoms with Gasteiger partial charge in [0.1, 0.15) is 0 Å². The summed E-state index contributed by atoms with van der Waals surface area (Å²) >= 11 is 0. The van der Waals surface area contributed by atoms with Crippen molar-refractivity contribution >= 4 is 5.91 Å². The molecule has 0 N–H and O–H groups in total. The molecular formula is C19H26N2O3. The van der Waals surface area contributed by atoms with E-state index in [1.165, 1.54) is 12.8 Å². The Morgan fingerprint density at radius 2 is 2.25 bits per heavy atom. The van der Waals surface area contributed by atoms with Crippen LogP contribution in [0.1, 0.15) is 48.9 Å². The van der Waals surface area contributed by atoms with E-state index in [4.69, 9.17) is 9.47 Å². The van der Waals surface area contributed by atoms with Crippen LogP contribution in [0.5, 0.6) is 0 Å². The number of amides is 1. The minimum atomic E-state index is -0.197. The quantitative estimate of drug-likeness (QED) is 0.833. The Labute approximate surface area is 143 Å². The van der Waals surface area contributed by atoms with Crippen LogP contribution in [0.3, 0.4) is 0 Å². The zero-order chi connectivity index (χ0) is 16.6. The molecule has 2 aliphatic carbocycles. The lowest BCUT2D eigenvalue weighted by Gasteiger charge is -2.43.